The first-order chi connectivity index (χ1) is 9.63. The van der Waals surface area contributed by atoms with Gasteiger partial charge in [-0.05, 0) is 38.8 Å². The van der Waals surface area contributed by atoms with Crippen LogP contribution in [0.15, 0.2) is 30.3 Å². The Morgan fingerprint density at radius 3 is 2.35 bits per heavy atom. The van der Waals surface area contributed by atoms with Crippen LogP contribution in [0.4, 0.5) is 5.69 Å². The van der Waals surface area contributed by atoms with Gasteiger partial charge in [-0.2, -0.15) is 0 Å². The Bertz CT molecular complexity index is 422. The molecule has 1 fully saturated rings. The molecule has 0 bridgehead atoms. The molecule has 0 aromatic heterocycles. The normalized spacial score (nSPS) is 17.4. The maximum Gasteiger partial charge on any atom is 0.226 e. The van der Waals surface area contributed by atoms with Crippen LogP contribution in [0.25, 0.3) is 0 Å². The Morgan fingerprint density at radius 1 is 1.25 bits per heavy atom. The summed E-state index contributed by atoms with van der Waals surface area (Å²) < 4.78 is 0. The molecule has 0 atom stereocenters. The molecule has 0 unspecified atom stereocenters. The van der Waals surface area contributed by atoms with Gasteiger partial charge < -0.3 is 9.80 Å². The van der Waals surface area contributed by atoms with E-state index in [-0.39, 0.29) is 5.91 Å². The minimum atomic E-state index is 0.235. The monoisotopic (exact) mass is 274 g/mol. The van der Waals surface area contributed by atoms with E-state index in [1.165, 1.54) is 0 Å². The van der Waals surface area contributed by atoms with Crippen LogP contribution < -0.4 is 4.90 Å². The van der Waals surface area contributed by atoms with Gasteiger partial charge in [0.05, 0.1) is 0 Å². The Hall–Kier alpha value is -1.35. The van der Waals surface area contributed by atoms with E-state index >= 15 is 0 Å². The fourth-order valence-corrected chi connectivity index (χ4v) is 2.98. The van der Waals surface area contributed by atoms with Gasteiger partial charge >= 0.3 is 0 Å². The predicted molar refractivity (Wildman–Crippen MR) is 84.0 cm³/mol. The van der Waals surface area contributed by atoms with E-state index < -0.39 is 0 Å². The SMILES string of the molecule is CCC(=O)N(c1ccccc1)C1CCN(C(C)C)CC1. The zero-order valence-corrected chi connectivity index (χ0v) is 12.9. The van der Waals surface area contributed by atoms with Gasteiger partial charge in [-0.25, -0.2) is 0 Å². The van der Waals surface area contributed by atoms with Gasteiger partial charge in [0.2, 0.25) is 5.91 Å². The van der Waals surface area contributed by atoms with Crippen molar-refractivity contribution in [2.75, 3.05) is 18.0 Å². The van der Waals surface area contributed by atoms with E-state index in [9.17, 15) is 4.79 Å². The summed E-state index contributed by atoms with van der Waals surface area (Å²) in [6.45, 7) is 8.60. The Kier molecular flexibility index (Phi) is 5.18. The largest absolute Gasteiger partial charge is 0.309 e. The van der Waals surface area contributed by atoms with E-state index in [2.05, 4.69) is 18.7 Å². The fourth-order valence-electron chi connectivity index (χ4n) is 2.98. The standard InChI is InChI=1S/C17H26N2O/c1-4-17(20)19(15-8-6-5-7-9-15)16-10-12-18(13-11-16)14(2)3/h5-9,14,16H,4,10-13H2,1-3H3. The van der Waals surface area contributed by atoms with Gasteiger partial charge in [0.25, 0.3) is 0 Å². The number of anilines is 1. The maximum atomic E-state index is 12.3. The van der Waals surface area contributed by atoms with E-state index in [0.717, 1.165) is 31.6 Å². The number of nitrogens with zero attached hydrogens (tertiary/aromatic N) is 2. The Morgan fingerprint density at radius 2 is 1.85 bits per heavy atom. The lowest BCUT2D eigenvalue weighted by Crippen LogP contribution is -2.49. The van der Waals surface area contributed by atoms with E-state index in [1.807, 2.05) is 42.2 Å². The molecule has 1 aromatic carbocycles. The number of rotatable bonds is 4. The molecule has 0 aliphatic carbocycles. The van der Waals surface area contributed by atoms with Crippen molar-refractivity contribution in [1.82, 2.24) is 4.90 Å². The second-order valence-corrected chi connectivity index (χ2v) is 5.81. The summed E-state index contributed by atoms with van der Waals surface area (Å²) in [6.07, 6.45) is 2.71. The zero-order valence-electron chi connectivity index (χ0n) is 12.9. The summed E-state index contributed by atoms with van der Waals surface area (Å²) in [7, 11) is 0. The number of hydrogen-bond donors (Lipinski definition) is 0. The summed E-state index contributed by atoms with van der Waals surface area (Å²) in [4.78, 5) is 16.9. The second-order valence-electron chi connectivity index (χ2n) is 5.81. The van der Waals surface area contributed by atoms with Crippen molar-refractivity contribution in [3.05, 3.63) is 30.3 Å². The first kappa shape index (κ1) is 15.0. The number of carbonyl (C=O) groups excluding carboxylic acids is 1. The van der Waals surface area contributed by atoms with Crippen LogP contribution in [0.5, 0.6) is 0 Å². The molecule has 20 heavy (non-hydrogen) atoms. The van der Waals surface area contributed by atoms with E-state index in [1.54, 1.807) is 0 Å². The molecular formula is C17H26N2O. The highest BCUT2D eigenvalue weighted by Gasteiger charge is 2.28. The lowest BCUT2D eigenvalue weighted by molar-refractivity contribution is -0.119. The topological polar surface area (TPSA) is 23.6 Å². The number of para-hydroxylation sites is 1. The molecule has 2 rings (SSSR count). The van der Waals surface area contributed by atoms with Gasteiger partial charge in [0, 0.05) is 37.3 Å². The maximum absolute atomic E-state index is 12.3. The molecule has 1 heterocycles. The Balaban J connectivity index is 2.11. The third-order valence-corrected chi connectivity index (χ3v) is 4.20. The summed E-state index contributed by atoms with van der Waals surface area (Å²) in [6, 6.07) is 11.1. The third kappa shape index (κ3) is 3.40. The average Bonchev–Trinajstić information content (AvgIpc) is 2.49. The van der Waals surface area contributed by atoms with Gasteiger partial charge in [-0.1, -0.05) is 25.1 Å². The Labute approximate surface area is 122 Å². The molecule has 1 saturated heterocycles. The van der Waals surface area contributed by atoms with Crippen LogP contribution in [0.3, 0.4) is 0 Å². The number of piperidine rings is 1. The molecule has 0 saturated carbocycles. The number of amides is 1. The van der Waals surface area contributed by atoms with Crippen LogP contribution in [0, 0.1) is 0 Å². The lowest BCUT2D eigenvalue weighted by Gasteiger charge is -2.40. The molecule has 1 aliphatic rings. The summed E-state index contributed by atoms with van der Waals surface area (Å²) in [5.41, 5.74) is 1.04. The van der Waals surface area contributed by atoms with Crippen LogP contribution in [0.1, 0.15) is 40.0 Å². The van der Waals surface area contributed by atoms with Crippen LogP contribution in [0.2, 0.25) is 0 Å². The number of carbonyl (C=O) groups is 1. The number of benzene rings is 1. The van der Waals surface area contributed by atoms with Crippen molar-refractivity contribution in [2.45, 2.75) is 52.1 Å². The smallest absolute Gasteiger partial charge is 0.226 e. The van der Waals surface area contributed by atoms with Gasteiger partial charge in [-0.15, -0.1) is 0 Å². The third-order valence-electron chi connectivity index (χ3n) is 4.20. The second kappa shape index (κ2) is 6.89. The highest BCUT2D eigenvalue weighted by Crippen LogP contribution is 2.25. The summed E-state index contributed by atoms with van der Waals surface area (Å²) in [5, 5.41) is 0. The molecule has 3 nitrogen and oxygen atoms in total. The van der Waals surface area contributed by atoms with Gasteiger partial charge in [0.1, 0.15) is 0 Å². The molecule has 110 valence electrons. The van der Waals surface area contributed by atoms with E-state index in [4.69, 9.17) is 0 Å². The quantitative estimate of drug-likeness (QED) is 0.841. The average molecular weight is 274 g/mol. The van der Waals surface area contributed by atoms with Crippen LogP contribution in [-0.4, -0.2) is 36.0 Å². The molecular weight excluding hydrogens is 248 g/mol. The minimum Gasteiger partial charge on any atom is -0.309 e. The zero-order chi connectivity index (χ0) is 14.5. The van der Waals surface area contributed by atoms with Crippen molar-refractivity contribution < 1.29 is 4.79 Å². The molecule has 3 heteroatoms. The summed E-state index contributed by atoms with van der Waals surface area (Å²) >= 11 is 0. The van der Waals surface area contributed by atoms with Crippen molar-refractivity contribution in [1.29, 1.82) is 0 Å². The first-order valence-electron chi connectivity index (χ1n) is 7.74. The van der Waals surface area contributed by atoms with Crippen molar-refractivity contribution in [2.24, 2.45) is 0 Å². The highest BCUT2D eigenvalue weighted by atomic mass is 16.2. The molecule has 0 spiro atoms. The van der Waals surface area contributed by atoms with Gasteiger partial charge in [-0.3, -0.25) is 4.79 Å². The highest BCUT2D eigenvalue weighted by molar-refractivity contribution is 5.93. The van der Waals surface area contributed by atoms with Crippen LogP contribution >= 0.6 is 0 Å². The molecule has 0 N–H and O–H groups in total. The number of hydrogen-bond acceptors (Lipinski definition) is 2. The van der Waals surface area contributed by atoms with E-state index in [0.29, 0.717) is 18.5 Å². The number of likely N-dealkylation sites (tertiary alicyclic amines) is 1. The molecule has 1 aliphatic heterocycles. The van der Waals surface area contributed by atoms with Crippen molar-refractivity contribution in [3.63, 3.8) is 0 Å². The van der Waals surface area contributed by atoms with Crippen molar-refractivity contribution >= 4 is 11.6 Å². The van der Waals surface area contributed by atoms with Gasteiger partial charge in [0.15, 0.2) is 0 Å². The molecule has 1 amide bonds. The lowest BCUT2D eigenvalue weighted by atomic mass is 10.0. The summed E-state index contributed by atoms with van der Waals surface area (Å²) in [5.74, 6) is 0.235. The molecule has 1 aromatic rings. The van der Waals surface area contributed by atoms with Crippen molar-refractivity contribution in [3.8, 4) is 0 Å². The minimum absolute atomic E-state index is 0.235. The predicted octanol–water partition coefficient (Wildman–Crippen LogP) is 3.30. The van der Waals surface area contributed by atoms with Crippen LogP contribution in [-0.2, 0) is 4.79 Å². The molecule has 0 radical (unpaired) electrons. The first-order valence-corrected chi connectivity index (χ1v) is 7.74. The fraction of sp³-hybridized carbons (Fsp3) is 0.588.